The van der Waals surface area contributed by atoms with Gasteiger partial charge >= 0.3 is 0 Å². The molecule has 0 rings (SSSR count). The molecule has 0 aromatic heterocycles. The van der Waals surface area contributed by atoms with Crippen molar-refractivity contribution >= 4 is 27.2 Å². The average Bonchev–Trinajstić information content (AvgIpc) is 1.78. The predicted molar refractivity (Wildman–Crippen MR) is 62.6 cm³/mol. The first-order chi connectivity index (χ1) is 6.03. The van der Waals surface area contributed by atoms with Crippen molar-refractivity contribution < 1.29 is 8.42 Å². The zero-order valence-electron chi connectivity index (χ0n) is 8.99. The van der Waals surface area contributed by atoms with Gasteiger partial charge in [-0.1, -0.05) is 33.0 Å². The minimum Gasteiger partial charge on any atom is -0.392 e. The SMILES string of the molecule is CC(NS(=O)(=O)CC(C)(C)C)C(N)=S. The van der Waals surface area contributed by atoms with Crippen molar-refractivity contribution in [1.29, 1.82) is 0 Å². The van der Waals surface area contributed by atoms with Crippen molar-refractivity contribution in [3.63, 3.8) is 0 Å². The molecule has 0 saturated carbocycles. The van der Waals surface area contributed by atoms with Crippen LogP contribution in [0, 0.1) is 5.41 Å². The second-order valence-electron chi connectivity index (χ2n) is 4.56. The number of thiocarbonyl (C=S) groups is 1. The van der Waals surface area contributed by atoms with Crippen molar-refractivity contribution in [2.45, 2.75) is 33.7 Å². The number of hydrogen-bond acceptors (Lipinski definition) is 3. The predicted octanol–water partition coefficient (Wildman–Crippen LogP) is 0.626. The summed E-state index contributed by atoms with van der Waals surface area (Å²) in [4.78, 5) is 0.155. The van der Waals surface area contributed by atoms with E-state index in [2.05, 4.69) is 16.9 Å². The Balaban J connectivity index is 4.45. The van der Waals surface area contributed by atoms with E-state index in [0.717, 1.165) is 0 Å². The normalized spacial score (nSPS) is 15.1. The van der Waals surface area contributed by atoms with Crippen molar-refractivity contribution in [3.8, 4) is 0 Å². The van der Waals surface area contributed by atoms with Gasteiger partial charge in [-0.05, 0) is 12.3 Å². The molecule has 0 aliphatic rings. The van der Waals surface area contributed by atoms with Gasteiger partial charge in [0.2, 0.25) is 10.0 Å². The monoisotopic (exact) mass is 238 g/mol. The largest absolute Gasteiger partial charge is 0.392 e. The third-order valence-electron chi connectivity index (χ3n) is 1.41. The van der Waals surface area contributed by atoms with Crippen LogP contribution in [0.1, 0.15) is 27.7 Å². The van der Waals surface area contributed by atoms with Gasteiger partial charge in [0, 0.05) is 0 Å². The molecule has 0 aliphatic heterocycles. The lowest BCUT2D eigenvalue weighted by atomic mass is 10.0. The Morgan fingerprint density at radius 1 is 1.50 bits per heavy atom. The van der Waals surface area contributed by atoms with Gasteiger partial charge < -0.3 is 5.73 Å². The summed E-state index contributed by atoms with van der Waals surface area (Å²) in [7, 11) is -3.30. The van der Waals surface area contributed by atoms with E-state index in [0.29, 0.717) is 0 Å². The van der Waals surface area contributed by atoms with Gasteiger partial charge in [-0.3, -0.25) is 0 Å². The molecule has 0 saturated heterocycles. The minimum atomic E-state index is -3.30. The van der Waals surface area contributed by atoms with Gasteiger partial charge in [0.15, 0.2) is 0 Å². The maximum absolute atomic E-state index is 11.5. The number of nitrogens with two attached hydrogens (primary N) is 1. The van der Waals surface area contributed by atoms with Crippen LogP contribution in [-0.2, 0) is 10.0 Å². The summed E-state index contributed by atoms with van der Waals surface area (Å²) in [5, 5.41) is 0. The lowest BCUT2D eigenvalue weighted by Crippen LogP contribution is -2.43. The number of rotatable bonds is 4. The van der Waals surface area contributed by atoms with Crippen LogP contribution in [0.3, 0.4) is 0 Å². The quantitative estimate of drug-likeness (QED) is 0.705. The topological polar surface area (TPSA) is 72.2 Å². The Morgan fingerprint density at radius 2 is 1.93 bits per heavy atom. The summed E-state index contributed by atoms with van der Waals surface area (Å²) < 4.78 is 25.5. The summed E-state index contributed by atoms with van der Waals surface area (Å²) in [5.41, 5.74) is 5.04. The fourth-order valence-corrected chi connectivity index (χ4v) is 2.96. The molecule has 0 bridgehead atoms. The van der Waals surface area contributed by atoms with Crippen molar-refractivity contribution in [1.82, 2.24) is 4.72 Å². The fraction of sp³-hybridized carbons (Fsp3) is 0.875. The van der Waals surface area contributed by atoms with E-state index < -0.39 is 16.1 Å². The van der Waals surface area contributed by atoms with Gasteiger partial charge in [0.25, 0.3) is 0 Å². The number of hydrogen-bond donors (Lipinski definition) is 2. The molecule has 1 atom stereocenters. The Morgan fingerprint density at radius 3 is 2.21 bits per heavy atom. The lowest BCUT2D eigenvalue weighted by molar-refractivity contribution is 0.457. The molecule has 0 amide bonds. The Bertz CT molecular complexity index is 304. The van der Waals surface area contributed by atoms with E-state index >= 15 is 0 Å². The molecule has 0 fully saturated rings. The highest BCUT2D eigenvalue weighted by Crippen LogP contribution is 2.15. The van der Waals surface area contributed by atoms with Gasteiger partial charge in [0.05, 0.1) is 16.8 Å². The highest BCUT2D eigenvalue weighted by atomic mass is 32.2. The summed E-state index contributed by atoms with van der Waals surface area (Å²) in [6, 6.07) is -0.489. The molecule has 6 heteroatoms. The molecular weight excluding hydrogens is 220 g/mol. The standard InChI is InChI=1S/C8H18N2O2S2/c1-6(7(9)13)10-14(11,12)5-8(2,3)4/h6,10H,5H2,1-4H3,(H2,9,13). The van der Waals surface area contributed by atoms with Crippen LogP contribution in [0.15, 0.2) is 0 Å². The molecule has 4 nitrogen and oxygen atoms in total. The Kier molecular flexibility index (Phi) is 4.48. The van der Waals surface area contributed by atoms with E-state index in [1.165, 1.54) is 0 Å². The number of nitrogens with one attached hydrogen (secondary N) is 1. The lowest BCUT2D eigenvalue weighted by Gasteiger charge is -2.20. The average molecular weight is 238 g/mol. The van der Waals surface area contributed by atoms with Crippen molar-refractivity contribution in [2.75, 3.05) is 5.75 Å². The maximum atomic E-state index is 11.5. The number of sulfonamides is 1. The zero-order chi connectivity index (χ0) is 11.6. The third kappa shape index (κ3) is 6.28. The minimum absolute atomic E-state index is 0.0625. The second kappa shape index (κ2) is 4.55. The molecule has 0 heterocycles. The summed E-state index contributed by atoms with van der Waals surface area (Å²) >= 11 is 4.68. The molecule has 0 aliphatic carbocycles. The van der Waals surface area contributed by atoms with Gasteiger partial charge in [0.1, 0.15) is 0 Å². The first-order valence-corrected chi connectivity index (χ1v) is 6.39. The second-order valence-corrected chi connectivity index (χ2v) is 6.79. The highest BCUT2D eigenvalue weighted by Gasteiger charge is 2.23. The van der Waals surface area contributed by atoms with Crippen LogP contribution in [0.5, 0.6) is 0 Å². The fourth-order valence-electron chi connectivity index (χ4n) is 0.939. The van der Waals surface area contributed by atoms with Gasteiger partial charge in [-0.2, -0.15) is 0 Å². The first kappa shape index (κ1) is 13.8. The smallest absolute Gasteiger partial charge is 0.212 e. The summed E-state index contributed by atoms with van der Waals surface area (Å²) in [6.07, 6.45) is 0. The van der Waals surface area contributed by atoms with Gasteiger partial charge in [-0.25, -0.2) is 13.1 Å². The zero-order valence-corrected chi connectivity index (χ0v) is 10.6. The molecule has 84 valence electrons. The van der Waals surface area contributed by atoms with Crippen molar-refractivity contribution in [2.24, 2.45) is 11.1 Å². The molecule has 3 N–H and O–H groups in total. The Hall–Kier alpha value is -0.200. The van der Waals surface area contributed by atoms with E-state index in [1.54, 1.807) is 6.92 Å². The maximum Gasteiger partial charge on any atom is 0.212 e. The molecule has 0 aromatic carbocycles. The Labute approximate surface area is 91.3 Å². The van der Waals surface area contributed by atoms with E-state index in [-0.39, 0.29) is 16.2 Å². The third-order valence-corrected chi connectivity index (χ3v) is 3.72. The highest BCUT2D eigenvalue weighted by molar-refractivity contribution is 7.89. The van der Waals surface area contributed by atoms with Crippen LogP contribution in [0.25, 0.3) is 0 Å². The molecule has 14 heavy (non-hydrogen) atoms. The van der Waals surface area contributed by atoms with Crippen LogP contribution in [-0.4, -0.2) is 25.2 Å². The van der Waals surface area contributed by atoms with Crippen LogP contribution in [0.2, 0.25) is 0 Å². The van der Waals surface area contributed by atoms with E-state index in [9.17, 15) is 8.42 Å². The van der Waals surface area contributed by atoms with Crippen molar-refractivity contribution in [3.05, 3.63) is 0 Å². The summed E-state index contributed by atoms with van der Waals surface area (Å²) in [6.45, 7) is 7.20. The molecule has 1 unspecified atom stereocenters. The molecular formula is C8H18N2O2S2. The van der Waals surface area contributed by atoms with Crippen LogP contribution < -0.4 is 10.5 Å². The van der Waals surface area contributed by atoms with E-state index in [1.807, 2.05) is 20.8 Å². The molecule has 0 spiro atoms. The van der Waals surface area contributed by atoms with Crippen LogP contribution in [0.4, 0.5) is 0 Å². The van der Waals surface area contributed by atoms with E-state index in [4.69, 9.17) is 5.73 Å². The van der Waals surface area contributed by atoms with Crippen LogP contribution >= 0.6 is 12.2 Å². The molecule has 0 radical (unpaired) electrons. The molecule has 0 aromatic rings. The van der Waals surface area contributed by atoms with Gasteiger partial charge in [-0.15, -0.1) is 0 Å². The first-order valence-electron chi connectivity index (χ1n) is 4.33. The summed E-state index contributed by atoms with van der Waals surface area (Å²) in [5.74, 6) is 0.0625.